The van der Waals surface area contributed by atoms with Crippen LogP contribution < -0.4 is 8.92 Å². The Morgan fingerprint density at radius 3 is 2.34 bits per heavy atom. The van der Waals surface area contributed by atoms with Crippen LogP contribution in [-0.2, 0) is 10.1 Å². The fourth-order valence-corrected chi connectivity index (χ4v) is 3.72. The van der Waals surface area contributed by atoms with Crippen molar-refractivity contribution in [3.05, 3.63) is 88.9 Å². The fraction of sp³-hybridized carbons (Fsp3) is 0.0455. The summed E-state index contributed by atoms with van der Waals surface area (Å²) in [6, 6.07) is 21.4. The molecule has 0 spiro atoms. The number of nitriles is 1. The molecule has 0 saturated heterocycles. The number of rotatable bonds is 6. The fourth-order valence-electron chi connectivity index (χ4n) is 2.57. The summed E-state index contributed by atoms with van der Waals surface area (Å²) < 4.78 is 35.6. The molecule has 0 saturated carbocycles. The second kappa shape index (κ2) is 8.82. The molecule has 0 amide bonds. The van der Waals surface area contributed by atoms with Gasteiger partial charge in [0.2, 0.25) is 0 Å². The highest BCUT2D eigenvalue weighted by Crippen LogP contribution is 2.30. The Labute approximate surface area is 174 Å². The van der Waals surface area contributed by atoms with Gasteiger partial charge in [0, 0.05) is 10.6 Å². The zero-order valence-electron chi connectivity index (χ0n) is 15.4. The zero-order valence-corrected chi connectivity index (χ0v) is 16.9. The molecule has 5 nitrogen and oxygen atoms in total. The third kappa shape index (κ3) is 4.96. The SMILES string of the molecule is COc1ccc(/C(C#N)=C/c2cc(Cl)ccc2OS(=O)(=O)c2ccccc2)cc1. The molecule has 0 N–H and O–H groups in total. The number of methoxy groups -OCH3 is 1. The summed E-state index contributed by atoms with van der Waals surface area (Å²) in [7, 11) is -2.48. The zero-order chi connectivity index (χ0) is 20.9. The van der Waals surface area contributed by atoms with Crippen molar-refractivity contribution < 1.29 is 17.3 Å². The molecule has 0 bridgehead atoms. The molecule has 0 aliphatic carbocycles. The number of hydrogen-bond donors (Lipinski definition) is 0. The molecule has 146 valence electrons. The summed E-state index contributed by atoms with van der Waals surface area (Å²) in [4.78, 5) is 0.0283. The summed E-state index contributed by atoms with van der Waals surface area (Å²) in [5.41, 5.74) is 1.33. The average Bonchev–Trinajstić information content (AvgIpc) is 2.74. The van der Waals surface area contributed by atoms with E-state index in [4.69, 9.17) is 20.5 Å². The second-order valence-electron chi connectivity index (χ2n) is 5.93. The summed E-state index contributed by atoms with van der Waals surface area (Å²) in [5, 5.41) is 9.98. The lowest BCUT2D eigenvalue weighted by atomic mass is 10.0. The van der Waals surface area contributed by atoms with Gasteiger partial charge in [-0.1, -0.05) is 29.8 Å². The van der Waals surface area contributed by atoms with Crippen molar-refractivity contribution in [3.63, 3.8) is 0 Å². The van der Waals surface area contributed by atoms with E-state index in [1.807, 2.05) is 0 Å². The molecule has 7 heteroatoms. The molecule has 0 aliphatic rings. The molecule has 0 fully saturated rings. The van der Waals surface area contributed by atoms with Crippen molar-refractivity contribution in [2.24, 2.45) is 0 Å². The van der Waals surface area contributed by atoms with Gasteiger partial charge in [-0.15, -0.1) is 0 Å². The Morgan fingerprint density at radius 2 is 1.72 bits per heavy atom. The molecular formula is C22H16ClNO4S. The van der Waals surface area contributed by atoms with E-state index in [0.717, 1.165) is 0 Å². The van der Waals surface area contributed by atoms with Gasteiger partial charge in [-0.25, -0.2) is 0 Å². The van der Waals surface area contributed by atoms with Crippen LogP contribution >= 0.6 is 11.6 Å². The maximum absolute atomic E-state index is 12.6. The maximum Gasteiger partial charge on any atom is 0.339 e. The molecule has 0 heterocycles. The number of benzene rings is 3. The quantitative estimate of drug-likeness (QED) is 0.309. The van der Waals surface area contributed by atoms with Crippen molar-refractivity contribution in [1.29, 1.82) is 5.26 Å². The minimum atomic E-state index is -4.04. The van der Waals surface area contributed by atoms with E-state index in [1.54, 1.807) is 49.6 Å². The smallest absolute Gasteiger partial charge is 0.339 e. The van der Waals surface area contributed by atoms with Gasteiger partial charge in [-0.3, -0.25) is 0 Å². The van der Waals surface area contributed by atoms with E-state index in [2.05, 4.69) is 6.07 Å². The van der Waals surface area contributed by atoms with Crippen molar-refractivity contribution in [1.82, 2.24) is 0 Å². The molecular weight excluding hydrogens is 410 g/mol. The van der Waals surface area contributed by atoms with Crippen LogP contribution in [0.1, 0.15) is 11.1 Å². The number of ether oxygens (including phenoxy) is 1. The number of halogens is 1. The van der Waals surface area contributed by atoms with Crippen molar-refractivity contribution >= 4 is 33.4 Å². The first-order valence-corrected chi connectivity index (χ1v) is 10.3. The number of nitrogens with zero attached hydrogens (tertiary/aromatic N) is 1. The van der Waals surface area contributed by atoms with Gasteiger partial charge in [0.25, 0.3) is 0 Å². The number of hydrogen-bond acceptors (Lipinski definition) is 5. The highest BCUT2D eigenvalue weighted by molar-refractivity contribution is 7.87. The van der Waals surface area contributed by atoms with E-state index in [0.29, 0.717) is 27.5 Å². The summed E-state index contributed by atoms with van der Waals surface area (Å²) in [6.07, 6.45) is 1.53. The van der Waals surface area contributed by atoms with Crippen molar-refractivity contribution in [2.45, 2.75) is 4.90 Å². The highest BCUT2D eigenvalue weighted by atomic mass is 35.5. The first-order chi connectivity index (χ1) is 13.9. The van der Waals surface area contributed by atoms with Crippen LogP contribution in [0.4, 0.5) is 0 Å². The molecule has 0 radical (unpaired) electrons. The third-order valence-electron chi connectivity index (χ3n) is 4.02. The van der Waals surface area contributed by atoms with Crippen LogP contribution in [0.25, 0.3) is 11.6 Å². The summed E-state index contributed by atoms with van der Waals surface area (Å²) >= 11 is 6.08. The lowest BCUT2D eigenvalue weighted by molar-refractivity contribution is 0.415. The van der Waals surface area contributed by atoms with E-state index in [9.17, 15) is 13.7 Å². The minimum absolute atomic E-state index is 0.0283. The van der Waals surface area contributed by atoms with Crippen LogP contribution in [0, 0.1) is 11.3 Å². The van der Waals surface area contributed by atoms with Crippen molar-refractivity contribution in [3.8, 4) is 17.6 Å². The monoisotopic (exact) mass is 425 g/mol. The third-order valence-corrected chi connectivity index (χ3v) is 5.51. The first-order valence-electron chi connectivity index (χ1n) is 8.48. The summed E-state index contributed by atoms with van der Waals surface area (Å²) in [6.45, 7) is 0. The van der Waals surface area contributed by atoms with E-state index >= 15 is 0 Å². The molecule has 0 aromatic heterocycles. The normalized spacial score (nSPS) is 11.6. The van der Waals surface area contributed by atoms with Crippen LogP contribution in [0.3, 0.4) is 0 Å². The molecule has 3 aromatic rings. The lowest BCUT2D eigenvalue weighted by Crippen LogP contribution is -2.10. The Bertz CT molecular complexity index is 1180. The predicted molar refractivity (Wildman–Crippen MR) is 112 cm³/mol. The molecule has 0 atom stereocenters. The van der Waals surface area contributed by atoms with Crippen LogP contribution in [0.2, 0.25) is 5.02 Å². The Kier molecular flexibility index (Phi) is 6.23. The van der Waals surface area contributed by atoms with Gasteiger partial charge in [0.15, 0.2) is 0 Å². The minimum Gasteiger partial charge on any atom is -0.497 e. The van der Waals surface area contributed by atoms with Crippen LogP contribution in [-0.4, -0.2) is 15.5 Å². The van der Waals surface area contributed by atoms with E-state index in [1.165, 1.54) is 36.4 Å². The lowest BCUT2D eigenvalue weighted by Gasteiger charge is -2.11. The van der Waals surface area contributed by atoms with Gasteiger partial charge < -0.3 is 8.92 Å². The molecule has 3 rings (SSSR count). The van der Waals surface area contributed by atoms with Gasteiger partial charge in [-0.2, -0.15) is 13.7 Å². The molecule has 0 unspecified atom stereocenters. The maximum atomic E-state index is 12.6. The van der Waals surface area contributed by atoms with Gasteiger partial charge in [0.05, 0.1) is 18.8 Å². The standard InChI is InChI=1S/C22H16ClNO4S/c1-27-20-10-7-16(8-11-20)18(15-24)13-17-14-19(23)9-12-22(17)28-29(25,26)21-5-3-2-4-6-21/h2-14H,1H3/b18-13+. The Morgan fingerprint density at radius 1 is 1.03 bits per heavy atom. The number of allylic oxidation sites excluding steroid dienone is 1. The highest BCUT2D eigenvalue weighted by Gasteiger charge is 2.18. The van der Waals surface area contributed by atoms with E-state index in [-0.39, 0.29) is 10.6 Å². The molecule has 0 aliphatic heterocycles. The van der Waals surface area contributed by atoms with Crippen molar-refractivity contribution in [2.75, 3.05) is 7.11 Å². The second-order valence-corrected chi connectivity index (χ2v) is 7.91. The average molecular weight is 426 g/mol. The largest absolute Gasteiger partial charge is 0.497 e. The first kappa shape index (κ1) is 20.5. The van der Waals surface area contributed by atoms with E-state index < -0.39 is 10.1 Å². The Balaban J connectivity index is 2.02. The Hall–Kier alpha value is -3.27. The summed E-state index contributed by atoms with van der Waals surface area (Å²) in [5.74, 6) is 0.728. The van der Waals surface area contributed by atoms with Gasteiger partial charge in [0.1, 0.15) is 16.4 Å². The molecule has 29 heavy (non-hydrogen) atoms. The predicted octanol–water partition coefficient (Wildman–Crippen LogP) is 5.18. The van der Waals surface area contributed by atoms with Crippen LogP contribution in [0.15, 0.2) is 77.7 Å². The van der Waals surface area contributed by atoms with Crippen LogP contribution in [0.5, 0.6) is 11.5 Å². The van der Waals surface area contributed by atoms with Gasteiger partial charge >= 0.3 is 10.1 Å². The topological polar surface area (TPSA) is 76.4 Å². The molecule has 3 aromatic carbocycles. The van der Waals surface area contributed by atoms with Gasteiger partial charge in [-0.05, 0) is 66.2 Å².